The van der Waals surface area contributed by atoms with E-state index in [0.29, 0.717) is 11.8 Å². The number of piperidine rings is 2. The van der Waals surface area contributed by atoms with Crippen LogP contribution in [0.1, 0.15) is 33.1 Å². The molecular weight excluding hydrogens is 269 g/mol. The summed E-state index contributed by atoms with van der Waals surface area (Å²) in [4.78, 5) is 14.2. The van der Waals surface area contributed by atoms with Crippen molar-refractivity contribution in [2.45, 2.75) is 45.3 Å². The average molecular weight is 292 g/mol. The molecule has 0 aromatic heterocycles. The second-order valence-electron chi connectivity index (χ2n) is 6.30. The summed E-state index contributed by atoms with van der Waals surface area (Å²) >= 11 is 0. The van der Waals surface area contributed by atoms with Gasteiger partial charge in [0.2, 0.25) is 5.91 Å². The van der Waals surface area contributed by atoms with E-state index < -0.39 is 18.1 Å². The monoisotopic (exact) mass is 292 g/mol. The van der Waals surface area contributed by atoms with Crippen LogP contribution in [-0.2, 0) is 4.79 Å². The first kappa shape index (κ1) is 15.6. The Morgan fingerprint density at radius 2 is 1.85 bits per heavy atom. The van der Waals surface area contributed by atoms with E-state index in [2.05, 4.69) is 19.2 Å². The van der Waals surface area contributed by atoms with Gasteiger partial charge >= 0.3 is 6.18 Å². The lowest BCUT2D eigenvalue weighted by atomic mass is 9.87. The summed E-state index contributed by atoms with van der Waals surface area (Å²) in [6.45, 7) is 5.61. The Bertz CT molecular complexity index is 351. The summed E-state index contributed by atoms with van der Waals surface area (Å²) in [5.41, 5.74) is 0. The predicted octanol–water partition coefficient (Wildman–Crippen LogP) is 2.42. The highest BCUT2D eigenvalue weighted by Gasteiger charge is 2.43. The normalized spacial score (nSPS) is 36.0. The van der Waals surface area contributed by atoms with Gasteiger partial charge in [-0.3, -0.25) is 4.79 Å². The van der Waals surface area contributed by atoms with Crippen LogP contribution in [0.2, 0.25) is 0 Å². The second-order valence-corrected chi connectivity index (χ2v) is 6.30. The van der Waals surface area contributed by atoms with Crippen molar-refractivity contribution in [2.75, 3.05) is 19.6 Å². The molecule has 2 aliphatic heterocycles. The number of likely N-dealkylation sites (tertiary alicyclic amines) is 1. The standard InChI is InChI=1S/C14H23F3N2O/c1-9-5-6-19(8-10(9)2)13(20)12-4-3-11(7-18-12)14(15,16)17/h9-12,18H,3-8H2,1-2H3. The van der Waals surface area contributed by atoms with Gasteiger partial charge in [0.15, 0.2) is 0 Å². The molecule has 0 bridgehead atoms. The number of nitrogens with one attached hydrogen (secondary N) is 1. The minimum absolute atomic E-state index is 0.0237. The number of alkyl halides is 3. The molecule has 0 aromatic carbocycles. The zero-order chi connectivity index (χ0) is 14.9. The van der Waals surface area contributed by atoms with Gasteiger partial charge in [0, 0.05) is 19.6 Å². The van der Waals surface area contributed by atoms with E-state index in [-0.39, 0.29) is 25.3 Å². The van der Waals surface area contributed by atoms with Crippen molar-refractivity contribution in [3.63, 3.8) is 0 Å². The van der Waals surface area contributed by atoms with E-state index in [1.54, 1.807) is 0 Å². The third-order valence-corrected chi connectivity index (χ3v) is 4.82. The van der Waals surface area contributed by atoms with E-state index >= 15 is 0 Å². The van der Waals surface area contributed by atoms with Gasteiger partial charge in [-0.1, -0.05) is 13.8 Å². The zero-order valence-electron chi connectivity index (χ0n) is 12.0. The summed E-state index contributed by atoms with van der Waals surface area (Å²) in [5, 5.41) is 2.79. The topological polar surface area (TPSA) is 32.3 Å². The van der Waals surface area contributed by atoms with Crippen LogP contribution in [-0.4, -0.2) is 42.7 Å². The Morgan fingerprint density at radius 1 is 1.15 bits per heavy atom. The third-order valence-electron chi connectivity index (χ3n) is 4.82. The lowest BCUT2D eigenvalue weighted by Crippen LogP contribution is -2.54. The maximum atomic E-state index is 12.6. The second kappa shape index (κ2) is 5.92. The summed E-state index contributed by atoms with van der Waals surface area (Å²) < 4.78 is 37.7. The Balaban J connectivity index is 1.86. The van der Waals surface area contributed by atoms with Crippen LogP contribution >= 0.6 is 0 Å². The number of hydrogen-bond acceptors (Lipinski definition) is 2. The Morgan fingerprint density at radius 3 is 2.35 bits per heavy atom. The Kier molecular flexibility index (Phi) is 4.62. The van der Waals surface area contributed by atoms with Crippen molar-refractivity contribution in [3.05, 3.63) is 0 Å². The molecule has 3 nitrogen and oxygen atoms in total. The summed E-state index contributed by atoms with van der Waals surface area (Å²) in [6.07, 6.45) is -2.85. The first-order valence-electron chi connectivity index (χ1n) is 7.38. The highest BCUT2D eigenvalue weighted by atomic mass is 19.4. The lowest BCUT2D eigenvalue weighted by molar-refractivity contribution is -0.181. The van der Waals surface area contributed by atoms with Crippen LogP contribution in [0.3, 0.4) is 0 Å². The van der Waals surface area contributed by atoms with E-state index in [1.807, 2.05) is 4.90 Å². The first-order valence-corrected chi connectivity index (χ1v) is 7.38. The van der Waals surface area contributed by atoms with Crippen molar-refractivity contribution in [1.82, 2.24) is 10.2 Å². The highest BCUT2D eigenvalue weighted by Crippen LogP contribution is 2.32. The van der Waals surface area contributed by atoms with E-state index in [0.717, 1.165) is 19.5 Å². The molecule has 0 aliphatic carbocycles. The van der Waals surface area contributed by atoms with Gasteiger partial charge in [-0.05, 0) is 31.1 Å². The number of amides is 1. The fraction of sp³-hybridized carbons (Fsp3) is 0.929. The highest BCUT2D eigenvalue weighted by molar-refractivity contribution is 5.82. The molecule has 4 atom stereocenters. The van der Waals surface area contributed by atoms with Crippen molar-refractivity contribution in [1.29, 1.82) is 0 Å². The number of rotatable bonds is 1. The fourth-order valence-corrected chi connectivity index (χ4v) is 3.03. The van der Waals surface area contributed by atoms with Crippen LogP contribution in [0.5, 0.6) is 0 Å². The first-order chi connectivity index (χ1) is 9.29. The molecule has 2 saturated heterocycles. The minimum atomic E-state index is -4.16. The number of nitrogens with zero attached hydrogens (tertiary/aromatic N) is 1. The van der Waals surface area contributed by atoms with Crippen molar-refractivity contribution in [2.24, 2.45) is 17.8 Å². The predicted molar refractivity (Wildman–Crippen MR) is 70.1 cm³/mol. The Hall–Kier alpha value is -0.780. The van der Waals surface area contributed by atoms with Gasteiger partial charge < -0.3 is 10.2 Å². The quantitative estimate of drug-likeness (QED) is 0.805. The molecule has 2 aliphatic rings. The van der Waals surface area contributed by atoms with Gasteiger partial charge in [0.05, 0.1) is 12.0 Å². The lowest BCUT2D eigenvalue weighted by Gasteiger charge is -2.39. The van der Waals surface area contributed by atoms with Crippen LogP contribution in [0.4, 0.5) is 13.2 Å². The van der Waals surface area contributed by atoms with E-state index in [1.165, 1.54) is 0 Å². The molecule has 0 spiro atoms. The fourth-order valence-electron chi connectivity index (χ4n) is 3.03. The Labute approximate surface area is 117 Å². The number of hydrogen-bond donors (Lipinski definition) is 1. The van der Waals surface area contributed by atoms with Crippen molar-refractivity contribution < 1.29 is 18.0 Å². The van der Waals surface area contributed by atoms with Crippen LogP contribution in [0.25, 0.3) is 0 Å². The molecule has 20 heavy (non-hydrogen) atoms. The summed E-state index contributed by atoms with van der Waals surface area (Å²) in [5.74, 6) is -0.275. The largest absolute Gasteiger partial charge is 0.393 e. The molecule has 0 saturated carbocycles. The molecule has 4 unspecified atom stereocenters. The smallest absolute Gasteiger partial charge is 0.341 e. The minimum Gasteiger partial charge on any atom is -0.341 e. The number of carbonyl (C=O) groups is 1. The molecular formula is C14H23F3N2O. The molecule has 116 valence electrons. The maximum absolute atomic E-state index is 12.6. The van der Waals surface area contributed by atoms with Crippen LogP contribution in [0.15, 0.2) is 0 Å². The average Bonchev–Trinajstić information content (AvgIpc) is 2.40. The molecule has 2 fully saturated rings. The molecule has 1 N–H and O–H groups in total. The molecule has 2 rings (SSSR count). The summed E-state index contributed by atoms with van der Waals surface area (Å²) in [7, 11) is 0. The summed E-state index contributed by atoms with van der Waals surface area (Å²) in [6, 6.07) is -0.436. The van der Waals surface area contributed by atoms with Gasteiger partial charge in [-0.2, -0.15) is 13.2 Å². The van der Waals surface area contributed by atoms with Crippen molar-refractivity contribution in [3.8, 4) is 0 Å². The van der Waals surface area contributed by atoms with E-state index in [9.17, 15) is 18.0 Å². The number of carbonyl (C=O) groups excluding carboxylic acids is 1. The van der Waals surface area contributed by atoms with Gasteiger partial charge in [0.1, 0.15) is 0 Å². The van der Waals surface area contributed by atoms with E-state index in [4.69, 9.17) is 0 Å². The van der Waals surface area contributed by atoms with Crippen LogP contribution in [0, 0.1) is 17.8 Å². The molecule has 1 amide bonds. The molecule has 0 aromatic rings. The van der Waals surface area contributed by atoms with Gasteiger partial charge in [-0.25, -0.2) is 0 Å². The van der Waals surface area contributed by atoms with Gasteiger partial charge in [-0.15, -0.1) is 0 Å². The van der Waals surface area contributed by atoms with Crippen LogP contribution < -0.4 is 5.32 Å². The third kappa shape index (κ3) is 3.45. The molecule has 2 heterocycles. The maximum Gasteiger partial charge on any atom is 0.393 e. The van der Waals surface area contributed by atoms with Crippen molar-refractivity contribution >= 4 is 5.91 Å². The molecule has 0 radical (unpaired) electrons. The zero-order valence-corrected chi connectivity index (χ0v) is 12.0. The molecule has 6 heteroatoms. The van der Waals surface area contributed by atoms with Gasteiger partial charge in [0.25, 0.3) is 0 Å². The SMILES string of the molecule is CC1CCN(C(=O)C2CCC(C(F)(F)F)CN2)CC1C. The number of halogens is 3.